The van der Waals surface area contributed by atoms with Gasteiger partial charge in [-0.25, -0.2) is 13.2 Å². The van der Waals surface area contributed by atoms with Crippen LogP contribution in [0.25, 0.3) is 21.9 Å². The van der Waals surface area contributed by atoms with Gasteiger partial charge in [-0.05, 0) is 76.0 Å². The van der Waals surface area contributed by atoms with Gasteiger partial charge in [-0.15, -0.1) is 0 Å². The number of alkyl halides is 5. The Morgan fingerprint density at radius 1 is 0.708 bits per heavy atom. The van der Waals surface area contributed by atoms with Crippen molar-refractivity contribution in [3.8, 4) is 11.1 Å². The van der Waals surface area contributed by atoms with E-state index in [1.165, 1.54) is 6.07 Å². The van der Waals surface area contributed by atoms with Crippen LogP contribution < -0.4 is 0 Å². The topological polar surface area (TPSA) is 83.5 Å². The summed E-state index contributed by atoms with van der Waals surface area (Å²) in [5.41, 5.74) is 2.43. The minimum Gasteiger partial charge on any atom is -0.743 e. The van der Waals surface area contributed by atoms with Gasteiger partial charge in [0.1, 0.15) is 16.5 Å². The first-order valence-electron chi connectivity index (χ1n) is 14.5. The van der Waals surface area contributed by atoms with Gasteiger partial charge in [0.25, 0.3) is 6.10 Å². The highest BCUT2D eigenvalue weighted by atomic mass is 32.2. The van der Waals surface area contributed by atoms with Crippen molar-refractivity contribution in [1.29, 1.82) is 0 Å². The SMILES string of the molecule is CC(C)(C)c1ccc(-c2ccc([S+](c3ccccc3)c3c(C(=O)OC(C(F)(F)F)C(F)(F)S(=O)(=O)[O-])ccc4ccccc34)cc2)cc1. The smallest absolute Gasteiger partial charge is 0.432 e. The number of rotatable bonds is 8. The van der Waals surface area contributed by atoms with Crippen molar-refractivity contribution in [3.63, 3.8) is 0 Å². The Kier molecular flexibility index (Phi) is 9.48. The Bertz CT molecular complexity index is 2040. The molecule has 5 aromatic carbocycles. The van der Waals surface area contributed by atoms with Crippen LogP contribution >= 0.6 is 0 Å². The van der Waals surface area contributed by atoms with Gasteiger partial charge < -0.3 is 9.29 Å². The van der Waals surface area contributed by atoms with Crippen molar-refractivity contribution >= 4 is 37.8 Å². The molecule has 0 saturated carbocycles. The number of esters is 1. The molecule has 0 aliphatic heterocycles. The van der Waals surface area contributed by atoms with Crippen LogP contribution in [0.4, 0.5) is 22.0 Å². The van der Waals surface area contributed by atoms with Crippen LogP contribution in [-0.2, 0) is 31.2 Å². The molecule has 12 heteroatoms. The number of benzene rings is 5. The van der Waals surface area contributed by atoms with Crippen LogP contribution in [0.3, 0.4) is 0 Å². The zero-order valence-electron chi connectivity index (χ0n) is 25.8. The molecule has 48 heavy (non-hydrogen) atoms. The molecule has 2 atom stereocenters. The summed E-state index contributed by atoms with van der Waals surface area (Å²) in [5, 5.41) is -4.97. The molecule has 0 heterocycles. The predicted octanol–water partition coefficient (Wildman–Crippen LogP) is 9.13. The van der Waals surface area contributed by atoms with Crippen LogP contribution in [-0.4, -0.2) is 36.5 Å². The van der Waals surface area contributed by atoms with Crippen molar-refractivity contribution in [1.82, 2.24) is 0 Å². The second-order valence-electron chi connectivity index (χ2n) is 12.0. The second-order valence-corrected chi connectivity index (χ2v) is 15.4. The largest absolute Gasteiger partial charge is 0.743 e. The van der Waals surface area contributed by atoms with E-state index in [1.807, 2.05) is 48.5 Å². The molecule has 2 unspecified atom stereocenters. The average molecular weight is 701 g/mol. The van der Waals surface area contributed by atoms with Gasteiger partial charge in [-0.3, -0.25) is 0 Å². The maximum absolute atomic E-state index is 14.4. The number of halogens is 5. The van der Waals surface area contributed by atoms with E-state index in [9.17, 15) is 39.7 Å². The Hall–Kier alpha value is -4.26. The van der Waals surface area contributed by atoms with E-state index < -0.39 is 50.1 Å². The van der Waals surface area contributed by atoms with E-state index in [2.05, 4.69) is 25.5 Å². The van der Waals surface area contributed by atoms with E-state index in [-0.39, 0.29) is 10.3 Å². The summed E-state index contributed by atoms with van der Waals surface area (Å²) in [4.78, 5) is 14.9. The number of carbonyl (C=O) groups is 1. The molecule has 0 N–H and O–H groups in total. The van der Waals surface area contributed by atoms with Crippen molar-refractivity contribution in [3.05, 3.63) is 126 Å². The van der Waals surface area contributed by atoms with Crippen LogP contribution in [0.2, 0.25) is 0 Å². The van der Waals surface area contributed by atoms with Crippen molar-refractivity contribution in [2.75, 3.05) is 0 Å². The van der Waals surface area contributed by atoms with Crippen molar-refractivity contribution in [2.45, 2.75) is 58.4 Å². The summed E-state index contributed by atoms with van der Waals surface area (Å²) in [7, 11) is -8.10. The van der Waals surface area contributed by atoms with Crippen LogP contribution in [0.1, 0.15) is 36.7 Å². The van der Waals surface area contributed by atoms with Crippen LogP contribution in [0, 0.1) is 0 Å². The fourth-order valence-electron chi connectivity index (χ4n) is 5.13. The van der Waals surface area contributed by atoms with Gasteiger partial charge in [0, 0.05) is 5.39 Å². The summed E-state index contributed by atoms with van der Waals surface area (Å²) < 4.78 is 108. The molecule has 5 nitrogen and oxygen atoms in total. The van der Waals surface area contributed by atoms with Gasteiger partial charge in [0.2, 0.25) is 0 Å². The minimum atomic E-state index is -6.88. The number of hydrogen-bond acceptors (Lipinski definition) is 5. The maximum Gasteiger partial charge on any atom is 0.432 e. The number of hydrogen-bond donors (Lipinski definition) is 0. The quantitative estimate of drug-likeness (QED) is 0.0698. The van der Waals surface area contributed by atoms with E-state index in [0.717, 1.165) is 22.8 Å². The molecule has 250 valence electrons. The van der Waals surface area contributed by atoms with Gasteiger partial charge in [-0.2, -0.15) is 22.0 Å². The molecule has 5 rings (SSSR count). The first kappa shape index (κ1) is 35.1. The first-order chi connectivity index (χ1) is 22.4. The lowest BCUT2D eigenvalue weighted by Crippen LogP contribution is -2.52. The summed E-state index contributed by atoms with van der Waals surface area (Å²) in [6, 6.07) is 33.5. The van der Waals surface area contributed by atoms with Gasteiger partial charge in [-0.1, -0.05) is 87.5 Å². The Morgan fingerprint density at radius 3 is 1.77 bits per heavy atom. The Balaban J connectivity index is 1.67. The van der Waals surface area contributed by atoms with Gasteiger partial charge in [0.05, 0.1) is 0 Å². The monoisotopic (exact) mass is 700 g/mol. The van der Waals surface area contributed by atoms with E-state index in [4.69, 9.17) is 0 Å². The standard InChI is InChI=1S/C36H29F5O5S2/c1-34(2,3)26-18-13-23(14-19-26)24-15-20-28(21-16-24)47(27-10-5-4-6-11-27)31-29-12-8-7-9-25(29)17-22-30(31)32(42)46-33(35(37,38)39)36(40,41)48(43,44)45/h4-22,33H,1-3H3. The molecule has 0 fully saturated rings. The maximum atomic E-state index is 14.4. The fraction of sp³-hybridized carbons (Fsp3) is 0.194. The van der Waals surface area contributed by atoms with Gasteiger partial charge >= 0.3 is 17.4 Å². The Morgan fingerprint density at radius 2 is 1.23 bits per heavy atom. The second kappa shape index (κ2) is 13.0. The van der Waals surface area contributed by atoms with E-state index in [0.29, 0.717) is 20.6 Å². The van der Waals surface area contributed by atoms with Crippen molar-refractivity contribution in [2.24, 2.45) is 0 Å². The zero-order valence-corrected chi connectivity index (χ0v) is 27.4. The summed E-state index contributed by atoms with van der Waals surface area (Å²) in [6.45, 7) is 6.33. The number of fused-ring (bicyclic) bond motifs is 1. The molecule has 0 bridgehead atoms. The fourth-order valence-corrected chi connectivity index (χ4v) is 7.93. The average Bonchev–Trinajstić information content (AvgIpc) is 3.03. The third-order valence-electron chi connectivity index (χ3n) is 7.62. The molecule has 0 aliphatic rings. The van der Waals surface area contributed by atoms with Crippen molar-refractivity contribution < 1.29 is 44.5 Å². The molecular weight excluding hydrogens is 672 g/mol. The molecule has 0 aromatic heterocycles. The normalized spacial score (nSPS) is 14.0. The van der Waals surface area contributed by atoms with Gasteiger partial charge in [0.15, 0.2) is 24.8 Å². The molecule has 0 aliphatic carbocycles. The highest BCUT2D eigenvalue weighted by Gasteiger charge is 2.63. The third kappa shape index (κ3) is 7.11. The molecule has 0 amide bonds. The molecular formula is C36H29F5O5S2. The number of ether oxygens (including phenoxy) is 1. The lowest BCUT2D eigenvalue weighted by Gasteiger charge is -2.29. The highest BCUT2D eigenvalue weighted by molar-refractivity contribution is 7.97. The molecule has 0 spiro atoms. The third-order valence-corrected chi connectivity index (χ3v) is 10.8. The summed E-state index contributed by atoms with van der Waals surface area (Å²) in [5.74, 6) is -1.87. The molecule has 5 aromatic rings. The van der Waals surface area contributed by atoms with E-state index in [1.54, 1.807) is 54.6 Å². The zero-order chi connectivity index (χ0) is 35.1. The van der Waals surface area contributed by atoms with Crippen LogP contribution in [0.15, 0.2) is 130 Å². The lowest BCUT2D eigenvalue weighted by atomic mass is 9.86. The molecule has 0 saturated heterocycles. The number of carbonyl (C=O) groups excluding carboxylic acids is 1. The van der Waals surface area contributed by atoms with E-state index >= 15 is 0 Å². The lowest BCUT2D eigenvalue weighted by molar-refractivity contribution is -0.248. The summed E-state index contributed by atoms with van der Waals surface area (Å²) >= 11 is 0. The molecule has 0 radical (unpaired) electrons. The highest BCUT2D eigenvalue weighted by Crippen LogP contribution is 2.42. The predicted molar refractivity (Wildman–Crippen MR) is 173 cm³/mol. The minimum absolute atomic E-state index is 0.0387. The summed E-state index contributed by atoms with van der Waals surface area (Å²) in [6.07, 6.45) is -10.6. The first-order valence-corrected chi connectivity index (χ1v) is 17.2. The Labute approximate surface area is 277 Å². The van der Waals surface area contributed by atoms with Crippen LogP contribution in [0.5, 0.6) is 0 Å².